The molecular weight excluding hydrogens is 316 g/mol. The number of aromatic nitrogens is 1. The minimum Gasteiger partial charge on any atom is -0.388 e. The molecule has 124 valence electrons. The second-order valence-electron chi connectivity index (χ2n) is 5.96. The molecule has 0 fully saturated rings. The van der Waals surface area contributed by atoms with E-state index < -0.39 is 6.10 Å². The predicted molar refractivity (Wildman–Crippen MR) is 99.9 cm³/mol. The first-order valence-electron chi connectivity index (χ1n) is 8.17. The van der Waals surface area contributed by atoms with E-state index in [1.54, 1.807) is 11.3 Å². The van der Waals surface area contributed by atoms with E-state index in [1.165, 1.54) is 5.56 Å². The Kier molecular flexibility index (Phi) is 5.75. The van der Waals surface area contributed by atoms with Gasteiger partial charge < -0.3 is 10.4 Å². The van der Waals surface area contributed by atoms with E-state index in [0.29, 0.717) is 6.42 Å². The summed E-state index contributed by atoms with van der Waals surface area (Å²) < 4.78 is 0. The number of benzene rings is 1. The monoisotopic (exact) mass is 338 g/mol. The van der Waals surface area contributed by atoms with Crippen LogP contribution in [0.25, 0.3) is 11.3 Å². The molecule has 2 aromatic heterocycles. The summed E-state index contributed by atoms with van der Waals surface area (Å²) in [6.07, 6.45) is 2.13. The number of aliphatic hydroxyl groups excluding tert-OH is 1. The first kappa shape index (κ1) is 16.8. The average molecular weight is 338 g/mol. The highest BCUT2D eigenvalue weighted by molar-refractivity contribution is 7.10. The Bertz CT molecular complexity index is 743. The topological polar surface area (TPSA) is 45.1 Å². The highest BCUT2D eigenvalue weighted by Crippen LogP contribution is 2.23. The highest BCUT2D eigenvalue weighted by Gasteiger charge is 2.13. The van der Waals surface area contributed by atoms with Crippen molar-refractivity contribution in [2.45, 2.75) is 32.0 Å². The van der Waals surface area contributed by atoms with Gasteiger partial charge in [0.1, 0.15) is 0 Å². The Morgan fingerprint density at radius 2 is 2.04 bits per heavy atom. The van der Waals surface area contributed by atoms with E-state index in [1.807, 2.05) is 41.9 Å². The third kappa shape index (κ3) is 4.51. The van der Waals surface area contributed by atoms with Gasteiger partial charge in [-0.1, -0.05) is 30.3 Å². The molecule has 0 aliphatic rings. The molecule has 0 aliphatic carbocycles. The molecular formula is C20H22N2OS. The van der Waals surface area contributed by atoms with E-state index in [0.717, 1.165) is 22.7 Å². The normalized spacial score (nSPS) is 13.6. The van der Waals surface area contributed by atoms with Crippen molar-refractivity contribution >= 4 is 11.3 Å². The van der Waals surface area contributed by atoms with Gasteiger partial charge in [0.15, 0.2) is 0 Å². The summed E-state index contributed by atoms with van der Waals surface area (Å²) >= 11 is 1.60. The van der Waals surface area contributed by atoms with Gasteiger partial charge >= 0.3 is 0 Å². The lowest BCUT2D eigenvalue weighted by Gasteiger charge is -2.17. The summed E-state index contributed by atoms with van der Waals surface area (Å²) in [5, 5.41) is 15.7. The Balaban J connectivity index is 1.56. The standard InChI is InChI=1S/C20H22N2OS/c1-15(12-19(23)20-9-5-11-24-20)22-14-16-6-4-7-17(13-16)18-8-2-3-10-21-18/h2-11,13,15,19,22-23H,12,14H2,1H3. The molecule has 24 heavy (non-hydrogen) atoms. The quantitative estimate of drug-likeness (QED) is 0.670. The van der Waals surface area contributed by atoms with Crippen molar-refractivity contribution in [3.05, 3.63) is 76.6 Å². The average Bonchev–Trinajstić information content (AvgIpc) is 3.16. The van der Waals surface area contributed by atoms with Gasteiger partial charge in [-0.25, -0.2) is 0 Å². The molecule has 2 N–H and O–H groups in total. The lowest BCUT2D eigenvalue weighted by Crippen LogP contribution is -2.27. The molecule has 0 aliphatic heterocycles. The maximum absolute atomic E-state index is 10.2. The van der Waals surface area contributed by atoms with Gasteiger partial charge in [-0.15, -0.1) is 11.3 Å². The second kappa shape index (κ2) is 8.20. The van der Waals surface area contributed by atoms with Crippen LogP contribution in [0.15, 0.2) is 66.2 Å². The minimum absolute atomic E-state index is 0.237. The van der Waals surface area contributed by atoms with Crippen LogP contribution in [0.1, 0.15) is 29.9 Å². The Hall–Kier alpha value is -2.01. The fourth-order valence-electron chi connectivity index (χ4n) is 2.68. The SMILES string of the molecule is CC(CC(O)c1cccs1)NCc1cccc(-c2ccccn2)c1. The molecule has 0 amide bonds. The lowest BCUT2D eigenvalue weighted by molar-refractivity contribution is 0.157. The van der Waals surface area contributed by atoms with E-state index in [9.17, 15) is 5.11 Å². The highest BCUT2D eigenvalue weighted by atomic mass is 32.1. The largest absolute Gasteiger partial charge is 0.388 e. The molecule has 3 aromatic rings. The van der Waals surface area contributed by atoms with E-state index >= 15 is 0 Å². The smallest absolute Gasteiger partial charge is 0.0896 e. The first-order valence-corrected chi connectivity index (χ1v) is 9.05. The predicted octanol–water partition coefficient (Wildman–Crippen LogP) is 4.41. The zero-order chi connectivity index (χ0) is 16.8. The summed E-state index contributed by atoms with van der Waals surface area (Å²) in [6.45, 7) is 2.89. The van der Waals surface area contributed by atoms with E-state index in [2.05, 4.69) is 41.5 Å². The zero-order valence-corrected chi connectivity index (χ0v) is 14.5. The number of nitrogens with zero attached hydrogens (tertiary/aromatic N) is 1. The molecule has 3 rings (SSSR count). The van der Waals surface area contributed by atoms with Crippen molar-refractivity contribution in [2.75, 3.05) is 0 Å². The van der Waals surface area contributed by atoms with Gasteiger partial charge in [0, 0.05) is 29.2 Å². The third-order valence-electron chi connectivity index (χ3n) is 3.99. The van der Waals surface area contributed by atoms with Crippen molar-refractivity contribution in [3.63, 3.8) is 0 Å². The number of hydrogen-bond acceptors (Lipinski definition) is 4. The molecule has 2 atom stereocenters. The first-order chi connectivity index (χ1) is 11.7. The van der Waals surface area contributed by atoms with Gasteiger partial charge in [0.25, 0.3) is 0 Å². The van der Waals surface area contributed by atoms with Crippen molar-refractivity contribution in [3.8, 4) is 11.3 Å². The Morgan fingerprint density at radius 1 is 1.12 bits per heavy atom. The number of rotatable bonds is 7. The van der Waals surface area contributed by atoms with E-state index in [-0.39, 0.29) is 6.04 Å². The number of pyridine rings is 1. The number of aliphatic hydroxyl groups is 1. The number of nitrogens with one attached hydrogen (secondary N) is 1. The van der Waals surface area contributed by atoms with Crippen molar-refractivity contribution < 1.29 is 5.11 Å². The summed E-state index contributed by atoms with van der Waals surface area (Å²) in [7, 11) is 0. The van der Waals surface area contributed by atoms with E-state index in [4.69, 9.17) is 0 Å². The fourth-order valence-corrected chi connectivity index (χ4v) is 3.41. The van der Waals surface area contributed by atoms with Crippen LogP contribution in [0.3, 0.4) is 0 Å². The third-order valence-corrected chi connectivity index (χ3v) is 4.96. The van der Waals surface area contributed by atoms with Gasteiger partial charge in [0.2, 0.25) is 0 Å². The molecule has 1 aromatic carbocycles. The van der Waals surface area contributed by atoms with Gasteiger partial charge in [-0.3, -0.25) is 4.98 Å². The molecule has 4 heteroatoms. The number of hydrogen-bond donors (Lipinski definition) is 2. The zero-order valence-electron chi connectivity index (χ0n) is 13.7. The molecule has 3 nitrogen and oxygen atoms in total. The number of thiophene rings is 1. The van der Waals surface area contributed by atoms with Crippen LogP contribution < -0.4 is 5.32 Å². The Labute approximate surface area is 147 Å². The van der Waals surface area contributed by atoms with Gasteiger partial charge in [-0.05, 0) is 48.6 Å². The molecule has 2 unspecified atom stereocenters. The van der Waals surface area contributed by atoms with Gasteiger partial charge in [-0.2, -0.15) is 0 Å². The summed E-state index contributed by atoms with van der Waals surface area (Å²) in [5.74, 6) is 0. The van der Waals surface area contributed by atoms with Crippen LogP contribution in [-0.4, -0.2) is 16.1 Å². The van der Waals surface area contributed by atoms with Crippen LogP contribution >= 0.6 is 11.3 Å². The molecule has 0 saturated heterocycles. The van der Waals surface area contributed by atoms with Crippen LogP contribution in [-0.2, 0) is 6.54 Å². The minimum atomic E-state index is -0.396. The summed E-state index contributed by atoms with van der Waals surface area (Å²) in [6, 6.07) is 18.6. The molecule has 0 bridgehead atoms. The van der Waals surface area contributed by atoms with Crippen molar-refractivity contribution in [2.24, 2.45) is 0 Å². The van der Waals surface area contributed by atoms with Crippen molar-refractivity contribution in [1.82, 2.24) is 10.3 Å². The molecule has 0 radical (unpaired) electrons. The van der Waals surface area contributed by atoms with Crippen LogP contribution in [0, 0.1) is 0 Å². The molecule has 0 spiro atoms. The summed E-state index contributed by atoms with van der Waals surface area (Å²) in [5.41, 5.74) is 3.33. The second-order valence-corrected chi connectivity index (χ2v) is 6.94. The molecule has 2 heterocycles. The van der Waals surface area contributed by atoms with Crippen LogP contribution in [0.4, 0.5) is 0 Å². The Morgan fingerprint density at radius 3 is 2.79 bits per heavy atom. The molecule has 0 saturated carbocycles. The van der Waals surface area contributed by atoms with Crippen LogP contribution in [0.5, 0.6) is 0 Å². The maximum atomic E-state index is 10.2. The maximum Gasteiger partial charge on any atom is 0.0896 e. The summed E-state index contributed by atoms with van der Waals surface area (Å²) in [4.78, 5) is 5.43. The lowest BCUT2D eigenvalue weighted by atomic mass is 10.1. The fraction of sp³-hybridized carbons (Fsp3) is 0.250. The van der Waals surface area contributed by atoms with Crippen LogP contribution in [0.2, 0.25) is 0 Å². The van der Waals surface area contributed by atoms with Crippen molar-refractivity contribution in [1.29, 1.82) is 0 Å². The van der Waals surface area contributed by atoms with Gasteiger partial charge in [0.05, 0.1) is 11.8 Å².